The molecule has 2 N–H and O–H groups in total. The highest BCUT2D eigenvalue weighted by Gasteiger charge is 2.67. The summed E-state index contributed by atoms with van der Waals surface area (Å²) < 4.78 is 56.3. The lowest BCUT2D eigenvalue weighted by Gasteiger charge is -2.24. The van der Waals surface area contributed by atoms with Crippen molar-refractivity contribution in [3.63, 3.8) is 0 Å². The summed E-state index contributed by atoms with van der Waals surface area (Å²) in [6.07, 6.45) is 0. The summed E-state index contributed by atoms with van der Waals surface area (Å²) in [7, 11) is 0. The molecule has 4 nitrogen and oxygen atoms in total. The molecule has 0 aromatic heterocycles. The van der Waals surface area contributed by atoms with Crippen LogP contribution in [-0.2, 0) is 9.59 Å². The Morgan fingerprint density at radius 3 is 1.36 bits per heavy atom. The number of carbonyl (C=O) groups excluding carboxylic acids is 2. The second-order valence-electron chi connectivity index (χ2n) is 5.98. The molecule has 2 rings (SSSR count). The van der Waals surface area contributed by atoms with Crippen molar-refractivity contribution in [3.05, 3.63) is 57.6 Å². The van der Waals surface area contributed by atoms with Crippen molar-refractivity contribution in [2.45, 2.75) is 25.7 Å². The highest BCUT2D eigenvalue weighted by atomic mass is 35.5. The number of carbonyl (C=O) groups is 2. The van der Waals surface area contributed by atoms with Crippen molar-refractivity contribution in [2.24, 2.45) is 0 Å². The van der Waals surface area contributed by atoms with E-state index in [1.54, 1.807) is 24.5 Å². The smallest absolute Gasteiger partial charge is 0.321 e. The van der Waals surface area contributed by atoms with Gasteiger partial charge in [0.1, 0.15) is 0 Å². The van der Waals surface area contributed by atoms with Crippen LogP contribution in [0, 0.1) is 13.8 Å². The third kappa shape index (κ3) is 4.39. The second-order valence-corrected chi connectivity index (χ2v) is 6.80. The number of alkyl halides is 4. The maximum Gasteiger partial charge on any atom is 0.396 e. The average Bonchev–Trinajstić information content (AvgIpc) is 2.61. The van der Waals surface area contributed by atoms with Crippen molar-refractivity contribution in [2.75, 3.05) is 10.6 Å². The minimum atomic E-state index is -5.33. The molecular weight excluding hydrogens is 423 g/mol. The van der Waals surface area contributed by atoms with Crippen LogP contribution in [0.5, 0.6) is 0 Å². The number of amides is 2. The lowest BCUT2D eigenvalue weighted by molar-refractivity contribution is -0.204. The van der Waals surface area contributed by atoms with Crippen molar-refractivity contribution >= 4 is 46.4 Å². The largest absolute Gasteiger partial charge is 0.396 e. The van der Waals surface area contributed by atoms with Gasteiger partial charge in [-0.25, -0.2) is 0 Å². The summed E-state index contributed by atoms with van der Waals surface area (Å²) >= 11 is 11.6. The minimum Gasteiger partial charge on any atom is -0.321 e. The number of rotatable bonds is 5. The van der Waals surface area contributed by atoms with Crippen LogP contribution in [0.3, 0.4) is 0 Å². The highest BCUT2D eigenvalue weighted by Crippen LogP contribution is 2.37. The van der Waals surface area contributed by atoms with E-state index in [1.165, 1.54) is 24.3 Å². The maximum atomic E-state index is 14.1. The topological polar surface area (TPSA) is 58.2 Å². The number of halogens is 6. The van der Waals surface area contributed by atoms with Gasteiger partial charge in [-0.2, -0.15) is 17.6 Å². The van der Waals surface area contributed by atoms with Crippen molar-refractivity contribution < 1.29 is 27.2 Å². The van der Waals surface area contributed by atoms with E-state index < -0.39 is 23.7 Å². The van der Waals surface area contributed by atoms with Gasteiger partial charge in [-0.1, -0.05) is 35.3 Å². The Kier molecular flexibility index (Phi) is 6.25. The van der Waals surface area contributed by atoms with Gasteiger partial charge in [0, 0.05) is 21.4 Å². The summed E-state index contributed by atoms with van der Waals surface area (Å²) in [4.78, 5) is 23.5. The zero-order chi connectivity index (χ0) is 21.3. The molecule has 10 heteroatoms. The molecule has 0 fully saturated rings. The second kappa shape index (κ2) is 7.97. The molecule has 2 aromatic carbocycles. The average molecular weight is 437 g/mol. The predicted molar refractivity (Wildman–Crippen MR) is 99.5 cm³/mol. The Bertz CT molecular complexity index is 860. The van der Waals surface area contributed by atoms with Crippen molar-refractivity contribution in [1.29, 1.82) is 0 Å². The monoisotopic (exact) mass is 436 g/mol. The van der Waals surface area contributed by atoms with E-state index in [-0.39, 0.29) is 21.4 Å². The third-order valence-electron chi connectivity index (χ3n) is 3.82. The molecule has 0 radical (unpaired) electrons. The van der Waals surface area contributed by atoms with Gasteiger partial charge in [0.25, 0.3) is 0 Å². The van der Waals surface area contributed by atoms with Crippen LogP contribution in [0.15, 0.2) is 36.4 Å². The first-order chi connectivity index (χ1) is 12.9. The first-order valence-corrected chi connectivity index (χ1v) is 8.52. The predicted octanol–water partition coefficient (Wildman–Crippen LogP) is 5.46. The van der Waals surface area contributed by atoms with E-state index in [0.717, 1.165) is 12.1 Å². The molecule has 0 unspecified atom stereocenters. The van der Waals surface area contributed by atoms with Gasteiger partial charge in [-0.3, -0.25) is 9.59 Å². The van der Waals surface area contributed by atoms with Crippen LogP contribution < -0.4 is 10.6 Å². The number of benzene rings is 2. The molecular formula is C18H14Cl2F4N2O2. The van der Waals surface area contributed by atoms with Gasteiger partial charge in [0.15, 0.2) is 0 Å². The van der Waals surface area contributed by atoms with Crippen LogP contribution in [0.1, 0.15) is 11.1 Å². The fourth-order valence-corrected chi connectivity index (χ4v) is 2.41. The van der Waals surface area contributed by atoms with Crippen LogP contribution in [0.25, 0.3) is 0 Å². The normalized spacial score (nSPS) is 11.9. The van der Waals surface area contributed by atoms with Crippen LogP contribution in [-0.4, -0.2) is 23.7 Å². The molecule has 0 atom stereocenters. The van der Waals surface area contributed by atoms with E-state index in [9.17, 15) is 27.2 Å². The fourth-order valence-electron chi connectivity index (χ4n) is 2.05. The van der Waals surface area contributed by atoms with Gasteiger partial charge in [-0.05, 0) is 49.2 Å². The molecule has 0 spiro atoms. The lowest BCUT2D eigenvalue weighted by atomic mass is 10.1. The Morgan fingerprint density at radius 2 is 1.07 bits per heavy atom. The van der Waals surface area contributed by atoms with Crippen molar-refractivity contribution in [1.82, 2.24) is 0 Å². The van der Waals surface area contributed by atoms with E-state index in [4.69, 9.17) is 23.2 Å². The summed E-state index contributed by atoms with van der Waals surface area (Å²) in [6, 6.07) is 7.47. The molecule has 0 saturated carbocycles. The Morgan fingerprint density at radius 1 is 0.750 bits per heavy atom. The zero-order valence-electron chi connectivity index (χ0n) is 14.5. The summed E-state index contributed by atoms with van der Waals surface area (Å²) in [5, 5.41) is 3.56. The quantitative estimate of drug-likeness (QED) is 0.611. The summed E-state index contributed by atoms with van der Waals surface area (Å²) in [6.45, 7) is 3.25. The van der Waals surface area contributed by atoms with Gasteiger partial charge in [-0.15, -0.1) is 0 Å². The van der Waals surface area contributed by atoms with Crippen LogP contribution in [0.4, 0.5) is 28.9 Å². The van der Waals surface area contributed by atoms with Crippen LogP contribution >= 0.6 is 23.2 Å². The molecule has 0 bridgehead atoms. The van der Waals surface area contributed by atoms with Crippen LogP contribution in [0.2, 0.25) is 10.0 Å². The van der Waals surface area contributed by atoms with Gasteiger partial charge in [0.2, 0.25) is 0 Å². The van der Waals surface area contributed by atoms with Gasteiger partial charge >= 0.3 is 23.7 Å². The molecule has 2 aromatic rings. The Balaban J connectivity index is 2.20. The number of hydrogen-bond acceptors (Lipinski definition) is 2. The summed E-state index contributed by atoms with van der Waals surface area (Å²) in [5.74, 6) is -15.4. The zero-order valence-corrected chi connectivity index (χ0v) is 16.1. The molecule has 0 aliphatic rings. The molecule has 0 saturated heterocycles. The SMILES string of the molecule is Cc1ccc(NC(=O)C(F)(F)C(F)(F)C(=O)Nc2ccc(C)c(Cl)c2)cc1Cl. The fraction of sp³-hybridized carbons (Fsp3) is 0.222. The Labute approximate surface area is 167 Å². The number of hydrogen-bond donors (Lipinski definition) is 2. The Hall–Kier alpha value is -2.32. The lowest BCUT2D eigenvalue weighted by Crippen LogP contribution is -2.56. The molecule has 0 heterocycles. The molecule has 2 amide bonds. The molecule has 0 aliphatic carbocycles. The molecule has 150 valence electrons. The number of aryl methyl sites for hydroxylation is 2. The highest BCUT2D eigenvalue weighted by molar-refractivity contribution is 6.32. The third-order valence-corrected chi connectivity index (χ3v) is 4.64. The first-order valence-electron chi connectivity index (χ1n) is 7.77. The van der Waals surface area contributed by atoms with E-state index >= 15 is 0 Å². The van der Waals surface area contributed by atoms with Crippen molar-refractivity contribution in [3.8, 4) is 0 Å². The molecule has 28 heavy (non-hydrogen) atoms. The molecule has 0 aliphatic heterocycles. The minimum absolute atomic E-state index is 0.141. The maximum absolute atomic E-state index is 14.1. The van der Waals surface area contributed by atoms with Gasteiger partial charge in [0.05, 0.1) is 0 Å². The van der Waals surface area contributed by atoms with E-state index in [1.807, 2.05) is 0 Å². The first kappa shape index (κ1) is 22.0. The van der Waals surface area contributed by atoms with E-state index in [0.29, 0.717) is 11.1 Å². The summed E-state index contributed by atoms with van der Waals surface area (Å²) in [5.41, 5.74) is 0.740. The number of anilines is 2. The van der Waals surface area contributed by atoms with E-state index in [2.05, 4.69) is 0 Å². The van der Waals surface area contributed by atoms with Gasteiger partial charge < -0.3 is 10.6 Å². The number of nitrogens with one attached hydrogen (secondary N) is 2. The standard InChI is InChI=1S/C18H14Cl2F4N2O2/c1-9-3-5-11(7-13(9)19)25-15(27)17(21,22)18(23,24)16(28)26-12-6-4-10(2)14(20)8-12/h3-8H,1-2H3,(H,25,27)(H,26,28).